The lowest BCUT2D eigenvalue weighted by molar-refractivity contribution is -0.135. The molecule has 0 aromatic heterocycles. The minimum Gasteiger partial charge on any atom is -0.507 e. The van der Waals surface area contributed by atoms with Gasteiger partial charge in [-0.3, -0.25) is 14.4 Å². The third-order valence-electron chi connectivity index (χ3n) is 6.73. The minimum atomic E-state index is -1.20. The number of phenolic OH excluding ortho intramolecular Hbond substituents is 1. The van der Waals surface area contributed by atoms with Gasteiger partial charge in [0.05, 0.1) is 17.8 Å². The van der Waals surface area contributed by atoms with E-state index in [1.807, 2.05) is 33.8 Å². The van der Waals surface area contributed by atoms with E-state index < -0.39 is 29.7 Å². The predicted molar refractivity (Wildman–Crippen MR) is 155 cm³/mol. The second-order valence-electron chi connectivity index (χ2n) is 10.6. The summed E-state index contributed by atoms with van der Waals surface area (Å²) in [5.41, 5.74) is 18.8. The van der Waals surface area contributed by atoms with Crippen molar-refractivity contribution in [3.05, 3.63) is 64.5 Å². The van der Waals surface area contributed by atoms with Crippen LogP contribution in [0.5, 0.6) is 5.75 Å². The molecule has 1 aliphatic rings. The monoisotopic (exact) mass is 569 g/mol. The highest BCUT2D eigenvalue weighted by Crippen LogP contribution is 2.29. The molecule has 11 nitrogen and oxygen atoms in total. The fraction of sp³-hybridized carbons (Fsp3) is 0.414. The van der Waals surface area contributed by atoms with Crippen LogP contribution in [-0.4, -0.2) is 52.4 Å². The fourth-order valence-electron chi connectivity index (χ4n) is 4.56. The van der Waals surface area contributed by atoms with Crippen molar-refractivity contribution < 1.29 is 23.9 Å². The molecule has 222 valence electrons. The second-order valence-corrected chi connectivity index (χ2v) is 10.6. The SMILES string of the molecule is CC[C@H](C)NC(=O)c1cc(N)cc(C2=CCC(NC(C)C)C(=O)N2CC(=O)NCc2cc(O)c(C(N)N)c(F)c2)c1. The smallest absolute Gasteiger partial charge is 0.251 e. The molecule has 0 radical (unpaired) electrons. The average Bonchev–Trinajstić information content (AvgIpc) is 2.88. The molecule has 0 fully saturated rings. The van der Waals surface area contributed by atoms with Crippen LogP contribution in [0.25, 0.3) is 5.70 Å². The zero-order valence-electron chi connectivity index (χ0n) is 23.8. The number of nitrogens with one attached hydrogen (secondary N) is 3. The molecule has 41 heavy (non-hydrogen) atoms. The molecule has 2 aromatic rings. The number of anilines is 1. The van der Waals surface area contributed by atoms with Gasteiger partial charge in [0, 0.05) is 41.1 Å². The highest BCUT2D eigenvalue weighted by molar-refractivity contribution is 5.99. The van der Waals surface area contributed by atoms with E-state index in [2.05, 4.69) is 16.0 Å². The van der Waals surface area contributed by atoms with Crippen LogP contribution in [0.1, 0.15) is 73.8 Å². The van der Waals surface area contributed by atoms with E-state index in [0.717, 1.165) is 12.5 Å². The second kappa shape index (κ2) is 13.6. The van der Waals surface area contributed by atoms with Gasteiger partial charge in [-0.05, 0) is 55.7 Å². The molecule has 0 bridgehead atoms. The van der Waals surface area contributed by atoms with Crippen LogP contribution < -0.4 is 33.2 Å². The highest BCUT2D eigenvalue weighted by Gasteiger charge is 2.33. The molecule has 0 aliphatic carbocycles. The molecular weight excluding hydrogens is 529 g/mol. The molecule has 3 rings (SSSR count). The summed E-state index contributed by atoms with van der Waals surface area (Å²) in [6.45, 7) is 7.23. The number of halogens is 1. The van der Waals surface area contributed by atoms with Crippen molar-refractivity contribution in [2.75, 3.05) is 12.3 Å². The quantitative estimate of drug-likeness (QED) is 0.157. The Morgan fingerprint density at radius 3 is 2.46 bits per heavy atom. The molecule has 0 saturated heterocycles. The number of phenols is 1. The van der Waals surface area contributed by atoms with Crippen molar-refractivity contribution in [2.24, 2.45) is 11.5 Å². The Kier molecular flexibility index (Phi) is 10.4. The Bertz CT molecular complexity index is 1310. The van der Waals surface area contributed by atoms with Crippen molar-refractivity contribution >= 4 is 29.1 Å². The average molecular weight is 570 g/mol. The van der Waals surface area contributed by atoms with Crippen molar-refractivity contribution in [3.8, 4) is 5.75 Å². The Hall–Kier alpha value is -4.00. The lowest BCUT2D eigenvalue weighted by atomic mass is 9.98. The summed E-state index contributed by atoms with van der Waals surface area (Å²) < 4.78 is 14.4. The molecular formula is C29H40FN7O4. The molecule has 3 amide bonds. The molecule has 2 aromatic carbocycles. The largest absolute Gasteiger partial charge is 0.507 e. The Morgan fingerprint density at radius 1 is 1.15 bits per heavy atom. The van der Waals surface area contributed by atoms with Gasteiger partial charge in [-0.15, -0.1) is 0 Å². The van der Waals surface area contributed by atoms with Gasteiger partial charge in [-0.2, -0.15) is 0 Å². The number of hydrogen-bond donors (Lipinski definition) is 7. The summed E-state index contributed by atoms with van der Waals surface area (Å²) in [6, 6.07) is 6.67. The lowest BCUT2D eigenvalue weighted by Gasteiger charge is -2.34. The molecule has 1 unspecified atom stereocenters. The first-order valence-corrected chi connectivity index (χ1v) is 13.6. The van der Waals surface area contributed by atoms with Gasteiger partial charge < -0.3 is 43.2 Å². The van der Waals surface area contributed by atoms with E-state index in [0.29, 0.717) is 28.9 Å². The predicted octanol–water partition coefficient (Wildman–Crippen LogP) is 1.81. The highest BCUT2D eigenvalue weighted by atomic mass is 19.1. The van der Waals surface area contributed by atoms with Gasteiger partial charge in [0.2, 0.25) is 11.8 Å². The van der Waals surface area contributed by atoms with Gasteiger partial charge in [0.15, 0.2) is 0 Å². The van der Waals surface area contributed by atoms with Crippen LogP contribution in [-0.2, 0) is 16.1 Å². The summed E-state index contributed by atoms with van der Waals surface area (Å²) in [7, 11) is 0. The van der Waals surface area contributed by atoms with Crippen LogP contribution in [0, 0.1) is 5.82 Å². The lowest BCUT2D eigenvalue weighted by Crippen LogP contribution is -2.52. The zero-order chi connectivity index (χ0) is 30.4. The number of benzene rings is 2. The van der Waals surface area contributed by atoms with Crippen LogP contribution in [0.4, 0.5) is 10.1 Å². The number of aromatic hydroxyl groups is 1. The van der Waals surface area contributed by atoms with Gasteiger partial charge in [0.1, 0.15) is 18.1 Å². The first-order chi connectivity index (χ1) is 19.3. The van der Waals surface area contributed by atoms with Crippen LogP contribution in [0.15, 0.2) is 36.4 Å². The van der Waals surface area contributed by atoms with Crippen molar-refractivity contribution in [3.63, 3.8) is 0 Å². The van der Waals surface area contributed by atoms with Crippen molar-refractivity contribution in [1.29, 1.82) is 0 Å². The minimum absolute atomic E-state index is 0.0185. The fourth-order valence-corrected chi connectivity index (χ4v) is 4.56. The van der Waals surface area contributed by atoms with E-state index in [4.69, 9.17) is 17.2 Å². The number of hydrogen-bond acceptors (Lipinski definition) is 8. The number of rotatable bonds is 11. The first-order valence-electron chi connectivity index (χ1n) is 13.6. The normalized spacial score (nSPS) is 16.1. The number of nitrogen functional groups attached to an aromatic ring is 1. The first kappa shape index (κ1) is 31.5. The van der Waals surface area contributed by atoms with Gasteiger partial charge in [-0.1, -0.05) is 26.8 Å². The Balaban J connectivity index is 1.86. The molecule has 0 spiro atoms. The molecule has 10 N–H and O–H groups in total. The van der Waals surface area contributed by atoms with Gasteiger partial charge in [-0.25, -0.2) is 4.39 Å². The summed E-state index contributed by atoms with van der Waals surface area (Å²) in [6.07, 6.45) is 1.77. The summed E-state index contributed by atoms with van der Waals surface area (Å²) in [5, 5.41) is 18.9. The molecule has 2 atom stereocenters. The van der Waals surface area contributed by atoms with E-state index in [1.165, 1.54) is 11.0 Å². The molecule has 12 heteroatoms. The van der Waals surface area contributed by atoms with E-state index in [1.54, 1.807) is 18.2 Å². The van der Waals surface area contributed by atoms with Crippen molar-refractivity contribution in [1.82, 2.24) is 20.9 Å². The standard InChI is InChI=1S/C29H40FN7O4/c1-5-16(4)36-28(40)19-10-18(11-20(31)12-19)23-7-6-22(35-15(2)3)29(41)37(23)14-25(39)34-13-17-8-21(30)26(27(32)33)24(38)9-17/h7-12,15-16,22,27,35,38H,5-6,13-14,31-33H2,1-4H3,(H,34,39)(H,36,40)/t16-,22?/m0/s1. The number of nitrogens with two attached hydrogens (primary N) is 3. The molecule has 0 saturated carbocycles. The van der Waals surface area contributed by atoms with Crippen molar-refractivity contribution in [2.45, 2.75) is 71.4 Å². The molecule has 1 heterocycles. The maximum atomic E-state index is 14.4. The topological polar surface area (TPSA) is 189 Å². The third kappa shape index (κ3) is 8.03. The third-order valence-corrected chi connectivity index (χ3v) is 6.73. The van der Waals surface area contributed by atoms with E-state index in [9.17, 15) is 23.9 Å². The van der Waals surface area contributed by atoms with E-state index in [-0.39, 0.29) is 48.1 Å². The van der Waals surface area contributed by atoms with Gasteiger partial charge in [0.25, 0.3) is 5.91 Å². The number of nitrogens with zero attached hydrogens (tertiary/aromatic N) is 1. The Labute approximate surface area is 239 Å². The van der Waals surface area contributed by atoms with Crippen LogP contribution >= 0.6 is 0 Å². The number of carbonyl (C=O) groups is 3. The number of amides is 3. The number of carbonyl (C=O) groups excluding carboxylic acids is 3. The summed E-state index contributed by atoms with van der Waals surface area (Å²) in [5.74, 6) is -2.34. The van der Waals surface area contributed by atoms with Gasteiger partial charge >= 0.3 is 0 Å². The summed E-state index contributed by atoms with van der Waals surface area (Å²) >= 11 is 0. The van der Waals surface area contributed by atoms with E-state index >= 15 is 0 Å². The van der Waals surface area contributed by atoms with Crippen LogP contribution in [0.3, 0.4) is 0 Å². The maximum Gasteiger partial charge on any atom is 0.251 e. The zero-order valence-corrected chi connectivity index (χ0v) is 23.8. The Morgan fingerprint density at radius 2 is 1.85 bits per heavy atom. The van der Waals surface area contributed by atoms with Crippen LogP contribution in [0.2, 0.25) is 0 Å². The molecule has 1 aliphatic heterocycles. The summed E-state index contributed by atoms with van der Waals surface area (Å²) in [4.78, 5) is 40.8. The maximum absolute atomic E-state index is 14.4.